The van der Waals surface area contributed by atoms with E-state index in [0.717, 1.165) is 38.2 Å². The molecule has 158 valence electrons. The van der Waals surface area contributed by atoms with Gasteiger partial charge in [-0.1, -0.05) is 44.9 Å². The Labute approximate surface area is 169 Å². The highest BCUT2D eigenvalue weighted by Gasteiger charge is 2.13. The van der Waals surface area contributed by atoms with Crippen molar-refractivity contribution in [3.63, 3.8) is 0 Å². The van der Waals surface area contributed by atoms with Gasteiger partial charge in [-0.15, -0.1) is 0 Å². The van der Waals surface area contributed by atoms with Crippen LogP contribution in [0.5, 0.6) is 5.75 Å². The van der Waals surface area contributed by atoms with Gasteiger partial charge < -0.3 is 19.3 Å². The molecular weight excluding hydrogens is 356 g/mol. The first kappa shape index (κ1) is 22.7. The number of ether oxygens (including phenoxy) is 3. The maximum absolute atomic E-state index is 10.8. The first-order valence-electron chi connectivity index (χ1n) is 10.9. The van der Waals surface area contributed by atoms with Crippen molar-refractivity contribution in [2.45, 2.75) is 83.3 Å². The molecule has 1 unspecified atom stereocenters. The van der Waals surface area contributed by atoms with Crippen LogP contribution >= 0.6 is 0 Å². The van der Waals surface area contributed by atoms with E-state index < -0.39 is 5.97 Å². The maximum Gasteiger partial charge on any atom is 0.335 e. The van der Waals surface area contributed by atoms with Crippen LogP contribution in [0.1, 0.15) is 87.4 Å². The van der Waals surface area contributed by atoms with Crippen LogP contribution in [-0.2, 0) is 9.47 Å². The Kier molecular flexibility index (Phi) is 11.7. The molecule has 1 atom stereocenters. The highest BCUT2D eigenvalue weighted by atomic mass is 16.7. The normalized spacial score (nSPS) is 16.8. The van der Waals surface area contributed by atoms with Crippen molar-refractivity contribution in [2.75, 3.05) is 19.8 Å². The molecule has 0 aliphatic carbocycles. The van der Waals surface area contributed by atoms with E-state index in [4.69, 9.17) is 19.3 Å². The van der Waals surface area contributed by atoms with Gasteiger partial charge in [0.2, 0.25) is 0 Å². The van der Waals surface area contributed by atoms with Crippen molar-refractivity contribution in [1.82, 2.24) is 0 Å². The molecule has 0 saturated carbocycles. The summed E-state index contributed by atoms with van der Waals surface area (Å²) < 4.78 is 17.0. The van der Waals surface area contributed by atoms with Gasteiger partial charge in [-0.2, -0.15) is 0 Å². The summed E-state index contributed by atoms with van der Waals surface area (Å²) >= 11 is 0. The molecule has 0 aromatic heterocycles. The maximum atomic E-state index is 10.8. The van der Waals surface area contributed by atoms with Gasteiger partial charge in [0.15, 0.2) is 6.29 Å². The average molecular weight is 393 g/mol. The summed E-state index contributed by atoms with van der Waals surface area (Å²) in [5, 5.41) is 8.86. The molecule has 1 aromatic rings. The zero-order chi connectivity index (χ0) is 19.9. The molecule has 5 nitrogen and oxygen atoms in total. The molecule has 0 spiro atoms. The Bertz CT molecular complexity index is 522. The second-order valence-electron chi connectivity index (χ2n) is 7.53. The molecule has 1 aliphatic rings. The quantitative estimate of drug-likeness (QED) is 0.381. The third-order valence-corrected chi connectivity index (χ3v) is 5.10. The number of hydrogen-bond acceptors (Lipinski definition) is 4. The predicted octanol–water partition coefficient (Wildman–Crippen LogP) is 5.82. The van der Waals surface area contributed by atoms with Crippen molar-refractivity contribution in [1.29, 1.82) is 0 Å². The van der Waals surface area contributed by atoms with E-state index in [2.05, 4.69) is 0 Å². The summed E-state index contributed by atoms with van der Waals surface area (Å²) in [4.78, 5) is 10.8. The van der Waals surface area contributed by atoms with Gasteiger partial charge in [0.1, 0.15) is 5.75 Å². The van der Waals surface area contributed by atoms with Crippen LogP contribution in [0.15, 0.2) is 24.3 Å². The van der Waals surface area contributed by atoms with Gasteiger partial charge in [-0.05, 0) is 56.4 Å². The van der Waals surface area contributed by atoms with Crippen molar-refractivity contribution in [3.8, 4) is 5.75 Å². The largest absolute Gasteiger partial charge is 0.494 e. The van der Waals surface area contributed by atoms with Crippen molar-refractivity contribution in [3.05, 3.63) is 29.8 Å². The van der Waals surface area contributed by atoms with Gasteiger partial charge in [-0.25, -0.2) is 4.79 Å². The van der Waals surface area contributed by atoms with Crippen molar-refractivity contribution in [2.24, 2.45) is 0 Å². The van der Waals surface area contributed by atoms with Gasteiger partial charge in [0.05, 0.1) is 12.2 Å². The zero-order valence-corrected chi connectivity index (χ0v) is 17.1. The summed E-state index contributed by atoms with van der Waals surface area (Å²) in [6.07, 6.45) is 14.6. The fourth-order valence-corrected chi connectivity index (χ4v) is 3.38. The molecular formula is C23H36O5. The topological polar surface area (TPSA) is 65.0 Å². The fourth-order valence-electron chi connectivity index (χ4n) is 3.38. The van der Waals surface area contributed by atoms with E-state index in [1.807, 2.05) is 0 Å². The number of carboxylic acids is 1. The third kappa shape index (κ3) is 10.1. The molecule has 28 heavy (non-hydrogen) atoms. The molecule has 0 bridgehead atoms. The van der Waals surface area contributed by atoms with Crippen LogP contribution in [0.25, 0.3) is 0 Å². The van der Waals surface area contributed by atoms with Crippen LogP contribution in [-0.4, -0.2) is 37.2 Å². The number of unbranched alkanes of at least 4 members (excludes halogenated alkanes) is 8. The predicted molar refractivity (Wildman–Crippen MR) is 110 cm³/mol. The Morgan fingerprint density at radius 2 is 1.50 bits per heavy atom. The summed E-state index contributed by atoms with van der Waals surface area (Å²) in [6.45, 7) is 2.39. The van der Waals surface area contributed by atoms with E-state index in [9.17, 15) is 4.79 Å². The number of benzene rings is 1. The van der Waals surface area contributed by atoms with Gasteiger partial charge in [0.25, 0.3) is 0 Å². The van der Waals surface area contributed by atoms with Crippen LogP contribution < -0.4 is 4.74 Å². The number of carboxylic acid groups (broad SMARTS) is 1. The van der Waals surface area contributed by atoms with E-state index >= 15 is 0 Å². The summed E-state index contributed by atoms with van der Waals surface area (Å²) in [5.74, 6) is -0.169. The second-order valence-corrected chi connectivity index (χ2v) is 7.53. The fraction of sp³-hybridized carbons (Fsp3) is 0.696. The van der Waals surface area contributed by atoms with E-state index in [1.165, 1.54) is 57.8 Å². The molecule has 1 fully saturated rings. The highest BCUT2D eigenvalue weighted by Crippen LogP contribution is 2.16. The van der Waals surface area contributed by atoms with Gasteiger partial charge in [0, 0.05) is 13.2 Å². The van der Waals surface area contributed by atoms with E-state index in [1.54, 1.807) is 24.3 Å². The first-order valence-corrected chi connectivity index (χ1v) is 10.9. The van der Waals surface area contributed by atoms with Crippen LogP contribution in [0.3, 0.4) is 0 Å². The lowest BCUT2D eigenvalue weighted by Gasteiger charge is -2.22. The summed E-state index contributed by atoms with van der Waals surface area (Å²) in [5.41, 5.74) is 0.290. The van der Waals surface area contributed by atoms with E-state index in [-0.39, 0.29) is 11.9 Å². The van der Waals surface area contributed by atoms with Crippen molar-refractivity contribution < 1.29 is 24.1 Å². The molecule has 0 amide bonds. The lowest BCUT2D eigenvalue weighted by Crippen LogP contribution is -2.22. The second kappa shape index (κ2) is 14.4. The Hall–Kier alpha value is -1.59. The van der Waals surface area contributed by atoms with Crippen LogP contribution in [0.4, 0.5) is 0 Å². The molecule has 1 aliphatic heterocycles. The molecule has 1 heterocycles. The highest BCUT2D eigenvalue weighted by molar-refractivity contribution is 5.87. The molecule has 1 N–H and O–H groups in total. The number of rotatable bonds is 15. The van der Waals surface area contributed by atoms with Crippen molar-refractivity contribution >= 4 is 5.97 Å². The lowest BCUT2D eigenvalue weighted by atomic mass is 10.1. The minimum atomic E-state index is -0.908. The standard InChI is InChI=1S/C23H36O5/c24-23(25)20-13-15-21(16-14-20)26-17-9-6-4-2-1-3-5-7-10-18-27-22-12-8-11-19-28-22/h13-16,22H,1-12,17-19H2,(H,24,25). The number of carbonyl (C=O) groups is 1. The Balaban J connectivity index is 1.32. The minimum Gasteiger partial charge on any atom is -0.494 e. The zero-order valence-electron chi connectivity index (χ0n) is 17.1. The number of aromatic carboxylic acids is 1. The smallest absolute Gasteiger partial charge is 0.335 e. The first-order chi connectivity index (χ1) is 13.8. The Morgan fingerprint density at radius 1 is 0.893 bits per heavy atom. The summed E-state index contributed by atoms with van der Waals surface area (Å²) in [7, 11) is 0. The Morgan fingerprint density at radius 3 is 2.07 bits per heavy atom. The molecule has 2 rings (SSSR count). The average Bonchev–Trinajstić information content (AvgIpc) is 2.72. The molecule has 1 saturated heterocycles. The molecule has 1 aromatic carbocycles. The summed E-state index contributed by atoms with van der Waals surface area (Å²) in [6, 6.07) is 6.59. The minimum absolute atomic E-state index is 0.0573. The van der Waals surface area contributed by atoms with Crippen LogP contribution in [0.2, 0.25) is 0 Å². The molecule has 0 radical (unpaired) electrons. The number of hydrogen-bond donors (Lipinski definition) is 1. The van der Waals surface area contributed by atoms with Gasteiger partial charge in [-0.3, -0.25) is 0 Å². The third-order valence-electron chi connectivity index (χ3n) is 5.10. The SMILES string of the molecule is O=C(O)c1ccc(OCCCCCCCCCCCOC2CCCCO2)cc1. The monoisotopic (exact) mass is 392 g/mol. The lowest BCUT2D eigenvalue weighted by molar-refractivity contribution is -0.162. The van der Waals surface area contributed by atoms with Crippen LogP contribution in [0, 0.1) is 0 Å². The molecule has 5 heteroatoms. The van der Waals surface area contributed by atoms with E-state index in [0.29, 0.717) is 6.61 Å². The van der Waals surface area contributed by atoms with Gasteiger partial charge >= 0.3 is 5.97 Å².